The van der Waals surface area contributed by atoms with Gasteiger partial charge in [0.2, 0.25) is 0 Å². The number of imidazole rings is 1. The molecule has 3 aromatic rings. The van der Waals surface area contributed by atoms with E-state index in [0.29, 0.717) is 23.3 Å². The largest absolute Gasteiger partial charge is 0.467 e. The first kappa shape index (κ1) is 19.0. The summed E-state index contributed by atoms with van der Waals surface area (Å²) < 4.78 is 11.0. The molecule has 0 spiro atoms. The Morgan fingerprint density at radius 3 is 2.53 bits per heavy atom. The van der Waals surface area contributed by atoms with Crippen molar-refractivity contribution < 1.29 is 13.9 Å². The number of anilines is 2. The predicted molar refractivity (Wildman–Crippen MR) is 113 cm³/mol. The number of morpholine rings is 1. The molecule has 2 saturated heterocycles. The van der Waals surface area contributed by atoms with Crippen LogP contribution in [0.2, 0.25) is 0 Å². The molecule has 1 aromatic carbocycles. The summed E-state index contributed by atoms with van der Waals surface area (Å²) in [6.45, 7) is 5.67. The lowest BCUT2D eigenvalue weighted by atomic mass is 10.2. The summed E-state index contributed by atoms with van der Waals surface area (Å²) >= 11 is 0. The van der Waals surface area contributed by atoms with Gasteiger partial charge in [0, 0.05) is 26.2 Å². The number of rotatable bonds is 5. The molecule has 9 heteroatoms. The van der Waals surface area contributed by atoms with Crippen molar-refractivity contribution in [2.45, 2.75) is 19.4 Å². The van der Waals surface area contributed by atoms with Gasteiger partial charge in [-0.2, -0.15) is 0 Å². The van der Waals surface area contributed by atoms with E-state index in [2.05, 4.69) is 25.1 Å². The van der Waals surface area contributed by atoms with E-state index in [1.54, 1.807) is 6.07 Å². The second-order valence-corrected chi connectivity index (χ2v) is 7.83. The molecule has 0 aliphatic carbocycles. The van der Waals surface area contributed by atoms with E-state index in [-0.39, 0.29) is 11.6 Å². The number of benzene rings is 1. The van der Waals surface area contributed by atoms with Crippen molar-refractivity contribution in [3.63, 3.8) is 0 Å². The van der Waals surface area contributed by atoms with Crippen molar-refractivity contribution in [1.82, 2.24) is 14.9 Å². The molecule has 2 aliphatic heterocycles. The molecule has 2 aliphatic rings. The molecule has 5 rings (SSSR count). The second-order valence-electron chi connectivity index (χ2n) is 7.83. The third-order valence-corrected chi connectivity index (χ3v) is 5.73. The molecule has 0 saturated carbocycles. The van der Waals surface area contributed by atoms with E-state index in [0.717, 1.165) is 69.2 Å². The summed E-state index contributed by atoms with van der Waals surface area (Å²) in [5, 5.41) is 3.01. The number of furan rings is 1. The Kier molecular flexibility index (Phi) is 5.06. The lowest BCUT2D eigenvalue weighted by Crippen LogP contribution is -2.35. The third-order valence-electron chi connectivity index (χ3n) is 5.73. The second kappa shape index (κ2) is 8.00. The van der Waals surface area contributed by atoms with Crippen molar-refractivity contribution in [1.29, 1.82) is 0 Å². The SMILES string of the molecule is O=C(Nc1cc2[nH]c(=O)[nH]c2cc1N1CCCC1)c1coc(CN2CCOCC2)c1. The van der Waals surface area contributed by atoms with Crippen LogP contribution < -0.4 is 15.9 Å². The standard InChI is InChI=1S/C21H25N5O4/c27-20(14-9-15(30-13-14)12-25-5-7-29-8-6-25)22-18-10-16-17(24-21(28)23-16)11-19(18)26-3-1-2-4-26/h9-11,13H,1-8,12H2,(H,22,27)(H2,23,24,28). The zero-order valence-electron chi connectivity index (χ0n) is 16.7. The van der Waals surface area contributed by atoms with Gasteiger partial charge >= 0.3 is 5.69 Å². The Morgan fingerprint density at radius 1 is 1.03 bits per heavy atom. The first-order chi connectivity index (χ1) is 14.7. The number of aromatic amines is 2. The van der Waals surface area contributed by atoms with Gasteiger partial charge in [-0.15, -0.1) is 0 Å². The van der Waals surface area contributed by atoms with Gasteiger partial charge in [0.1, 0.15) is 12.0 Å². The van der Waals surface area contributed by atoms with E-state index in [1.165, 1.54) is 6.26 Å². The molecule has 1 amide bonds. The van der Waals surface area contributed by atoms with Crippen LogP contribution in [0.1, 0.15) is 29.0 Å². The molecule has 9 nitrogen and oxygen atoms in total. The third kappa shape index (κ3) is 3.86. The summed E-state index contributed by atoms with van der Waals surface area (Å²) in [5.41, 5.74) is 3.22. The molecule has 4 heterocycles. The van der Waals surface area contributed by atoms with Gasteiger partial charge in [-0.1, -0.05) is 0 Å². The van der Waals surface area contributed by atoms with Gasteiger partial charge in [-0.05, 0) is 31.0 Å². The summed E-state index contributed by atoms with van der Waals surface area (Å²) in [6, 6.07) is 5.53. The normalized spacial score (nSPS) is 17.7. The summed E-state index contributed by atoms with van der Waals surface area (Å²) in [5.74, 6) is 0.525. The van der Waals surface area contributed by atoms with Crippen LogP contribution in [-0.2, 0) is 11.3 Å². The molecule has 0 radical (unpaired) electrons. The predicted octanol–water partition coefficient (Wildman–Crippen LogP) is 2.13. The summed E-state index contributed by atoms with van der Waals surface area (Å²) in [6.07, 6.45) is 3.72. The number of carbonyl (C=O) groups excluding carboxylic acids is 1. The number of amides is 1. The molecular formula is C21H25N5O4. The monoisotopic (exact) mass is 411 g/mol. The molecule has 30 heavy (non-hydrogen) atoms. The van der Waals surface area contributed by atoms with Gasteiger partial charge < -0.3 is 29.3 Å². The molecule has 0 bridgehead atoms. The van der Waals surface area contributed by atoms with Crippen LogP contribution >= 0.6 is 0 Å². The van der Waals surface area contributed by atoms with Crippen LogP contribution in [0.5, 0.6) is 0 Å². The number of nitrogens with one attached hydrogen (secondary N) is 3. The van der Waals surface area contributed by atoms with E-state index in [4.69, 9.17) is 9.15 Å². The molecule has 158 valence electrons. The van der Waals surface area contributed by atoms with Gasteiger partial charge in [0.05, 0.1) is 47.7 Å². The minimum Gasteiger partial charge on any atom is -0.467 e. The van der Waals surface area contributed by atoms with Crippen molar-refractivity contribution in [3.05, 3.63) is 46.3 Å². The van der Waals surface area contributed by atoms with Crippen molar-refractivity contribution in [2.24, 2.45) is 0 Å². The maximum atomic E-state index is 12.9. The lowest BCUT2D eigenvalue weighted by molar-refractivity contribution is 0.0313. The fraction of sp³-hybridized carbons (Fsp3) is 0.429. The fourth-order valence-electron chi connectivity index (χ4n) is 4.15. The Balaban J connectivity index is 1.37. The molecule has 3 N–H and O–H groups in total. The van der Waals surface area contributed by atoms with Crippen LogP contribution in [0.4, 0.5) is 11.4 Å². The number of fused-ring (bicyclic) bond motifs is 1. The molecule has 2 fully saturated rings. The summed E-state index contributed by atoms with van der Waals surface area (Å²) in [4.78, 5) is 34.7. The number of hydrogen-bond acceptors (Lipinski definition) is 6. The van der Waals surface area contributed by atoms with E-state index >= 15 is 0 Å². The number of aromatic nitrogens is 2. The van der Waals surface area contributed by atoms with Crippen LogP contribution in [-0.4, -0.2) is 60.2 Å². The van der Waals surface area contributed by atoms with Gasteiger partial charge in [0.25, 0.3) is 5.91 Å². The quantitative estimate of drug-likeness (QED) is 0.594. The number of nitrogens with zero attached hydrogens (tertiary/aromatic N) is 2. The maximum Gasteiger partial charge on any atom is 0.323 e. The first-order valence-electron chi connectivity index (χ1n) is 10.4. The fourth-order valence-corrected chi connectivity index (χ4v) is 4.15. The average molecular weight is 411 g/mol. The van der Waals surface area contributed by atoms with Crippen molar-refractivity contribution in [3.8, 4) is 0 Å². The minimum atomic E-state index is -0.261. The van der Waals surface area contributed by atoms with Crippen LogP contribution in [0.15, 0.2) is 33.7 Å². The number of H-pyrrole nitrogens is 2. The van der Waals surface area contributed by atoms with Crippen LogP contribution in [0.3, 0.4) is 0 Å². The molecule has 2 aromatic heterocycles. The van der Waals surface area contributed by atoms with E-state index in [9.17, 15) is 9.59 Å². The number of hydrogen-bond donors (Lipinski definition) is 3. The zero-order chi connectivity index (χ0) is 20.5. The van der Waals surface area contributed by atoms with E-state index < -0.39 is 0 Å². The van der Waals surface area contributed by atoms with Gasteiger partial charge in [-0.3, -0.25) is 9.69 Å². The minimum absolute atomic E-state index is 0.232. The average Bonchev–Trinajstić information content (AvgIpc) is 3.48. The maximum absolute atomic E-state index is 12.9. The zero-order valence-corrected chi connectivity index (χ0v) is 16.7. The van der Waals surface area contributed by atoms with Crippen molar-refractivity contribution in [2.75, 3.05) is 49.6 Å². The van der Waals surface area contributed by atoms with Gasteiger partial charge in [-0.25, -0.2) is 4.79 Å². The Hall–Kier alpha value is -3.04. The van der Waals surface area contributed by atoms with Crippen LogP contribution in [0, 0.1) is 0 Å². The highest BCUT2D eigenvalue weighted by atomic mass is 16.5. The first-order valence-corrected chi connectivity index (χ1v) is 10.4. The Bertz CT molecular complexity index is 1100. The van der Waals surface area contributed by atoms with E-state index in [1.807, 2.05) is 12.1 Å². The number of carbonyl (C=O) groups is 1. The topological polar surface area (TPSA) is 107 Å². The lowest BCUT2D eigenvalue weighted by Gasteiger charge is -2.25. The highest BCUT2D eigenvalue weighted by Crippen LogP contribution is 2.32. The number of ether oxygens (including phenoxy) is 1. The molecule has 0 unspecified atom stereocenters. The highest BCUT2D eigenvalue weighted by molar-refractivity contribution is 6.07. The molecule has 0 atom stereocenters. The van der Waals surface area contributed by atoms with Gasteiger partial charge in [0.15, 0.2) is 0 Å². The Morgan fingerprint density at radius 2 is 1.77 bits per heavy atom. The smallest absolute Gasteiger partial charge is 0.323 e. The Labute approximate surface area is 173 Å². The highest BCUT2D eigenvalue weighted by Gasteiger charge is 2.20. The van der Waals surface area contributed by atoms with Crippen molar-refractivity contribution >= 4 is 28.3 Å². The summed E-state index contributed by atoms with van der Waals surface area (Å²) in [7, 11) is 0. The van der Waals surface area contributed by atoms with Crippen LogP contribution in [0.25, 0.3) is 11.0 Å². The molecular weight excluding hydrogens is 386 g/mol.